The molecule has 0 spiro atoms. The fraction of sp³-hybridized carbons (Fsp3) is 0.562. The van der Waals surface area contributed by atoms with Crippen LogP contribution in [-0.2, 0) is 23.8 Å². The van der Waals surface area contributed by atoms with E-state index in [1.54, 1.807) is 0 Å². The predicted molar refractivity (Wildman–Crippen MR) is 82.4 cm³/mol. The monoisotopic (exact) mass is 290 g/mol. The van der Waals surface area contributed by atoms with E-state index in [9.17, 15) is 9.47 Å². The first-order valence-electron chi connectivity index (χ1n) is 7.04. The van der Waals surface area contributed by atoms with Crippen molar-refractivity contribution in [3.63, 3.8) is 0 Å². The van der Waals surface area contributed by atoms with Gasteiger partial charge in [0.25, 0.3) is 0 Å². The van der Waals surface area contributed by atoms with Crippen LogP contribution >= 0.6 is 0 Å². The molecule has 1 N–H and O–H groups in total. The third-order valence-corrected chi connectivity index (χ3v) is 5.28. The average molecular weight is 290 g/mol. The van der Waals surface area contributed by atoms with Gasteiger partial charge in [-0.3, -0.25) is 0 Å². The molecule has 0 amide bonds. The van der Waals surface area contributed by atoms with Crippen LogP contribution in [0, 0.1) is 17.2 Å². The molecule has 0 saturated carbocycles. The van der Waals surface area contributed by atoms with Crippen molar-refractivity contribution >= 4 is 11.0 Å². The van der Waals surface area contributed by atoms with Gasteiger partial charge in [-0.05, 0) is 57.1 Å². The zero-order chi connectivity index (χ0) is 14.8. The molecule has 4 heteroatoms. The van der Waals surface area contributed by atoms with Gasteiger partial charge in [-0.2, -0.15) is 5.26 Å². The highest BCUT2D eigenvalue weighted by atomic mass is 32.2. The lowest BCUT2D eigenvalue weighted by atomic mass is 9.98. The lowest BCUT2D eigenvalue weighted by Crippen LogP contribution is -2.40. The summed E-state index contributed by atoms with van der Waals surface area (Å²) >= 11 is 0. The van der Waals surface area contributed by atoms with Crippen molar-refractivity contribution in [3.05, 3.63) is 35.4 Å². The molecule has 2 atom stereocenters. The normalized spacial score (nSPS) is 18.3. The number of nitrogens with zero attached hydrogens (tertiary/aromatic N) is 1. The Bertz CT molecular complexity index is 517. The average Bonchev–Trinajstić information content (AvgIpc) is 2.78. The Morgan fingerprint density at radius 3 is 2.35 bits per heavy atom. The zero-order valence-corrected chi connectivity index (χ0v) is 13.2. The number of benzene rings is 1. The lowest BCUT2D eigenvalue weighted by Gasteiger charge is -2.22. The third-order valence-electron chi connectivity index (χ3n) is 3.67. The molecule has 0 saturated heterocycles. The predicted octanol–water partition coefficient (Wildman–Crippen LogP) is 2.74. The van der Waals surface area contributed by atoms with E-state index in [1.807, 2.05) is 20.8 Å². The number of hydrogen-bond donors (Lipinski definition) is 1. The van der Waals surface area contributed by atoms with Crippen molar-refractivity contribution in [3.8, 4) is 6.07 Å². The molecule has 0 radical (unpaired) electrons. The Morgan fingerprint density at radius 1 is 1.35 bits per heavy atom. The van der Waals surface area contributed by atoms with Gasteiger partial charge in [0.15, 0.2) is 0 Å². The van der Waals surface area contributed by atoms with Crippen LogP contribution in [0.2, 0.25) is 0 Å². The van der Waals surface area contributed by atoms with E-state index in [0.29, 0.717) is 5.92 Å². The summed E-state index contributed by atoms with van der Waals surface area (Å²) in [7, 11) is -1.19. The summed E-state index contributed by atoms with van der Waals surface area (Å²) in [6.07, 6.45) is 2.81. The molecular formula is C16H22N2OS. The maximum atomic E-state index is 12.1. The fourth-order valence-corrected chi connectivity index (χ4v) is 3.34. The SMILES string of the molecule is CC(C)(C)S(=O)N[C@H](C#N)CC1Cc2ccccc2C1. The van der Waals surface area contributed by atoms with Gasteiger partial charge in [-0.1, -0.05) is 24.3 Å². The van der Waals surface area contributed by atoms with E-state index in [1.165, 1.54) is 11.1 Å². The van der Waals surface area contributed by atoms with E-state index in [-0.39, 0.29) is 10.8 Å². The fourth-order valence-electron chi connectivity index (χ4n) is 2.58. The topological polar surface area (TPSA) is 52.9 Å². The van der Waals surface area contributed by atoms with Crippen molar-refractivity contribution in [1.82, 2.24) is 4.72 Å². The van der Waals surface area contributed by atoms with Crippen LogP contribution in [0.25, 0.3) is 0 Å². The number of fused-ring (bicyclic) bond motifs is 1. The van der Waals surface area contributed by atoms with Crippen molar-refractivity contribution in [1.29, 1.82) is 5.26 Å². The Hall–Kier alpha value is -1.18. The lowest BCUT2D eigenvalue weighted by molar-refractivity contribution is 0.473. The first-order valence-corrected chi connectivity index (χ1v) is 8.19. The molecule has 1 aromatic carbocycles. The molecule has 2 rings (SSSR count). The largest absolute Gasteiger partial charge is 0.242 e. The first kappa shape index (κ1) is 15.2. The molecule has 1 aliphatic carbocycles. The van der Waals surface area contributed by atoms with Crippen LogP contribution in [-0.4, -0.2) is 15.0 Å². The second-order valence-electron chi connectivity index (χ2n) is 6.46. The first-order chi connectivity index (χ1) is 9.40. The highest BCUT2D eigenvalue weighted by molar-refractivity contribution is 7.84. The van der Waals surface area contributed by atoms with Gasteiger partial charge in [-0.15, -0.1) is 0 Å². The quantitative estimate of drug-likeness (QED) is 0.927. The molecule has 0 bridgehead atoms. The maximum absolute atomic E-state index is 12.1. The molecular weight excluding hydrogens is 268 g/mol. The van der Waals surface area contributed by atoms with Gasteiger partial charge in [0, 0.05) is 0 Å². The standard InChI is InChI=1S/C16H22N2OS/c1-16(2,3)20(19)18-15(11-17)10-12-8-13-6-4-5-7-14(13)9-12/h4-7,12,15,18H,8-10H2,1-3H3/t15-,20?/m0/s1. The summed E-state index contributed by atoms with van der Waals surface area (Å²) < 4.78 is 14.7. The summed E-state index contributed by atoms with van der Waals surface area (Å²) in [5.41, 5.74) is 2.79. The summed E-state index contributed by atoms with van der Waals surface area (Å²) in [5.74, 6) is 0.474. The van der Waals surface area contributed by atoms with Gasteiger partial charge >= 0.3 is 0 Å². The molecule has 0 heterocycles. The Morgan fingerprint density at radius 2 is 1.90 bits per heavy atom. The van der Waals surface area contributed by atoms with Crippen molar-refractivity contribution in [2.75, 3.05) is 0 Å². The molecule has 20 heavy (non-hydrogen) atoms. The molecule has 108 valence electrons. The van der Waals surface area contributed by atoms with Crippen molar-refractivity contribution in [2.24, 2.45) is 5.92 Å². The number of hydrogen-bond acceptors (Lipinski definition) is 2. The van der Waals surface area contributed by atoms with Crippen LogP contribution in [0.4, 0.5) is 0 Å². The maximum Gasteiger partial charge on any atom is 0.107 e. The van der Waals surface area contributed by atoms with Gasteiger partial charge in [0.05, 0.1) is 21.8 Å². The van der Waals surface area contributed by atoms with Crippen LogP contribution in [0.3, 0.4) is 0 Å². The van der Waals surface area contributed by atoms with Gasteiger partial charge in [-0.25, -0.2) is 8.93 Å². The van der Waals surface area contributed by atoms with E-state index >= 15 is 0 Å². The molecule has 0 aromatic heterocycles. The van der Waals surface area contributed by atoms with E-state index in [2.05, 4.69) is 35.1 Å². The van der Waals surface area contributed by atoms with Crippen LogP contribution in [0.15, 0.2) is 24.3 Å². The second kappa shape index (κ2) is 6.07. The van der Waals surface area contributed by atoms with Crippen molar-refractivity contribution < 1.29 is 4.21 Å². The summed E-state index contributed by atoms with van der Waals surface area (Å²) in [4.78, 5) is 0. The third kappa shape index (κ3) is 3.68. The second-order valence-corrected chi connectivity index (χ2v) is 8.46. The van der Waals surface area contributed by atoms with Crippen molar-refractivity contribution in [2.45, 2.75) is 50.8 Å². The van der Waals surface area contributed by atoms with Crippen LogP contribution < -0.4 is 4.72 Å². The van der Waals surface area contributed by atoms with Gasteiger partial charge in [0.2, 0.25) is 0 Å². The zero-order valence-electron chi connectivity index (χ0n) is 12.3. The van der Waals surface area contributed by atoms with E-state index < -0.39 is 11.0 Å². The summed E-state index contributed by atoms with van der Waals surface area (Å²) in [5, 5.41) is 9.27. The van der Waals surface area contributed by atoms with Crippen LogP contribution in [0.5, 0.6) is 0 Å². The Kier molecular flexibility index (Phi) is 4.62. The number of nitrogens with one attached hydrogen (secondary N) is 1. The highest BCUT2D eigenvalue weighted by Gasteiger charge is 2.27. The molecule has 0 fully saturated rings. The molecule has 1 unspecified atom stereocenters. The number of nitriles is 1. The summed E-state index contributed by atoms with van der Waals surface area (Å²) in [6, 6.07) is 10.4. The molecule has 1 aromatic rings. The minimum absolute atomic E-state index is 0.339. The van der Waals surface area contributed by atoms with E-state index in [4.69, 9.17) is 0 Å². The molecule has 1 aliphatic rings. The molecule has 3 nitrogen and oxygen atoms in total. The van der Waals surface area contributed by atoms with Gasteiger partial charge in [0.1, 0.15) is 6.04 Å². The number of rotatable bonds is 4. The Balaban J connectivity index is 1.93. The smallest absolute Gasteiger partial charge is 0.107 e. The van der Waals surface area contributed by atoms with Crippen LogP contribution in [0.1, 0.15) is 38.3 Å². The Labute approximate surface area is 124 Å². The summed E-state index contributed by atoms with van der Waals surface area (Å²) in [6.45, 7) is 5.74. The van der Waals surface area contributed by atoms with E-state index in [0.717, 1.165) is 19.3 Å². The minimum atomic E-state index is -1.19. The minimum Gasteiger partial charge on any atom is -0.242 e. The molecule has 0 aliphatic heterocycles. The highest BCUT2D eigenvalue weighted by Crippen LogP contribution is 2.29. The van der Waals surface area contributed by atoms with Gasteiger partial charge < -0.3 is 0 Å².